The van der Waals surface area contributed by atoms with Gasteiger partial charge >= 0.3 is 6.36 Å². The van der Waals surface area contributed by atoms with E-state index < -0.39 is 23.7 Å². The lowest BCUT2D eigenvalue weighted by atomic mass is 10.2. The summed E-state index contributed by atoms with van der Waals surface area (Å²) in [5.41, 5.74) is -0.287. The molecule has 2 aromatic rings. The summed E-state index contributed by atoms with van der Waals surface area (Å²) in [6.07, 6.45) is -4.69. The van der Waals surface area contributed by atoms with Gasteiger partial charge in [0.2, 0.25) is 0 Å². The van der Waals surface area contributed by atoms with Gasteiger partial charge in [-0.1, -0.05) is 0 Å². The van der Waals surface area contributed by atoms with Crippen molar-refractivity contribution in [2.24, 2.45) is 0 Å². The van der Waals surface area contributed by atoms with Gasteiger partial charge in [-0.2, -0.15) is 0 Å². The minimum Gasteiger partial charge on any atom is -0.454 e. The molecular weight excluding hydrogens is 311 g/mol. The molecule has 0 unspecified atom stereocenters. The maximum Gasteiger partial charge on any atom is 0.573 e. The average Bonchev–Trinajstić information content (AvgIpc) is 2.41. The first-order chi connectivity index (χ1) is 10.3. The van der Waals surface area contributed by atoms with Crippen LogP contribution < -0.4 is 9.47 Å². The number of carbonyl (C=O) groups excluding carboxylic acids is 1. The molecular formula is C14H7F5O3. The van der Waals surface area contributed by atoms with Gasteiger partial charge in [0.25, 0.3) is 0 Å². The van der Waals surface area contributed by atoms with Gasteiger partial charge in [0.1, 0.15) is 17.3 Å². The van der Waals surface area contributed by atoms with Gasteiger partial charge < -0.3 is 9.47 Å². The molecule has 2 aromatic carbocycles. The highest BCUT2D eigenvalue weighted by molar-refractivity contribution is 5.80. The van der Waals surface area contributed by atoms with Gasteiger partial charge in [0, 0.05) is 6.07 Å². The zero-order chi connectivity index (χ0) is 16.3. The van der Waals surface area contributed by atoms with E-state index in [1.807, 2.05) is 0 Å². The van der Waals surface area contributed by atoms with E-state index >= 15 is 0 Å². The van der Waals surface area contributed by atoms with Gasteiger partial charge in [0.05, 0.1) is 5.56 Å². The lowest BCUT2D eigenvalue weighted by Gasteiger charge is -2.12. The number of aldehydes is 1. The molecule has 0 heterocycles. The molecule has 0 bridgehead atoms. The van der Waals surface area contributed by atoms with Crippen molar-refractivity contribution in [3.8, 4) is 17.2 Å². The Hall–Kier alpha value is -2.64. The molecule has 0 saturated heterocycles. The zero-order valence-corrected chi connectivity index (χ0v) is 10.7. The average molecular weight is 318 g/mol. The molecule has 0 aliphatic rings. The first kappa shape index (κ1) is 15.7. The van der Waals surface area contributed by atoms with E-state index in [0.717, 1.165) is 30.3 Å². The van der Waals surface area contributed by atoms with Crippen LogP contribution in [0.4, 0.5) is 22.0 Å². The third-order valence-electron chi connectivity index (χ3n) is 2.46. The van der Waals surface area contributed by atoms with Crippen molar-refractivity contribution < 1.29 is 36.2 Å². The van der Waals surface area contributed by atoms with Gasteiger partial charge in [-0.15, -0.1) is 13.2 Å². The number of hydrogen-bond acceptors (Lipinski definition) is 3. The Labute approximate surface area is 120 Å². The van der Waals surface area contributed by atoms with Gasteiger partial charge in [-0.3, -0.25) is 4.79 Å². The van der Waals surface area contributed by atoms with Crippen LogP contribution in [-0.4, -0.2) is 12.6 Å². The number of carbonyl (C=O) groups is 1. The Morgan fingerprint density at radius 3 is 2.23 bits per heavy atom. The predicted molar refractivity (Wildman–Crippen MR) is 64.9 cm³/mol. The van der Waals surface area contributed by atoms with Crippen molar-refractivity contribution in [1.29, 1.82) is 0 Å². The van der Waals surface area contributed by atoms with Crippen LogP contribution in [0.25, 0.3) is 0 Å². The molecule has 0 saturated carbocycles. The van der Waals surface area contributed by atoms with Crippen LogP contribution in [-0.2, 0) is 0 Å². The SMILES string of the molecule is O=Cc1cc(OC(F)(F)F)ccc1Oc1ccc(F)cc1F. The highest BCUT2D eigenvalue weighted by Gasteiger charge is 2.31. The topological polar surface area (TPSA) is 35.5 Å². The first-order valence-corrected chi connectivity index (χ1v) is 5.76. The second-order valence-electron chi connectivity index (χ2n) is 4.04. The van der Waals surface area contributed by atoms with Gasteiger partial charge in [0.15, 0.2) is 17.9 Å². The maximum absolute atomic E-state index is 13.4. The monoisotopic (exact) mass is 318 g/mol. The van der Waals surface area contributed by atoms with Crippen LogP contribution in [0.15, 0.2) is 36.4 Å². The summed E-state index contributed by atoms with van der Waals surface area (Å²) >= 11 is 0. The van der Waals surface area contributed by atoms with Crippen LogP contribution in [0.5, 0.6) is 17.2 Å². The van der Waals surface area contributed by atoms with Crippen molar-refractivity contribution in [2.45, 2.75) is 6.36 Å². The third-order valence-corrected chi connectivity index (χ3v) is 2.46. The van der Waals surface area contributed by atoms with Crippen molar-refractivity contribution in [1.82, 2.24) is 0 Å². The molecule has 3 nitrogen and oxygen atoms in total. The number of hydrogen-bond donors (Lipinski definition) is 0. The predicted octanol–water partition coefficient (Wildman–Crippen LogP) is 4.47. The van der Waals surface area contributed by atoms with Crippen LogP contribution >= 0.6 is 0 Å². The van der Waals surface area contributed by atoms with Crippen molar-refractivity contribution in [2.75, 3.05) is 0 Å². The molecule has 0 N–H and O–H groups in total. The summed E-state index contributed by atoms with van der Waals surface area (Å²) in [5, 5.41) is 0. The number of rotatable bonds is 4. The second-order valence-corrected chi connectivity index (χ2v) is 4.04. The minimum atomic E-state index is -4.91. The summed E-state index contributed by atoms with van der Waals surface area (Å²) < 4.78 is 71.2. The number of halogens is 5. The van der Waals surface area contributed by atoms with Gasteiger partial charge in [-0.25, -0.2) is 8.78 Å². The molecule has 2 rings (SSSR count). The number of benzene rings is 2. The lowest BCUT2D eigenvalue weighted by molar-refractivity contribution is -0.274. The highest BCUT2D eigenvalue weighted by Crippen LogP contribution is 2.31. The van der Waals surface area contributed by atoms with E-state index in [4.69, 9.17) is 4.74 Å². The third kappa shape index (κ3) is 3.94. The van der Waals surface area contributed by atoms with E-state index in [2.05, 4.69) is 4.74 Å². The molecule has 22 heavy (non-hydrogen) atoms. The van der Waals surface area contributed by atoms with E-state index in [-0.39, 0.29) is 23.3 Å². The smallest absolute Gasteiger partial charge is 0.454 e. The normalized spacial score (nSPS) is 11.1. The quantitative estimate of drug-likeness (QED) is 0.616. The van der Waals surface area contributed by atoms with Crippen molar-refractivity contribution in [3.63, 3.8) is 0 Å². The van der Waals surface area contributed by atoms with Crippen molar-refractivity contribution in [3.05, 3.63) is 53.6 Å². The first-order valence-electron chi connectivity index (χ1n) is 5.76. The summed E-state index contributed by atoms with van der Waals surface area (Å²) in [4.78, 5) is 10.9. The zero-order valence-electron chi connectivity index (χ0n) is 10.7. The van der Waals surface area contributed by atoms with E-state index in [9.17, 15) is 26.7 Å². The molecule has 8 heteroatoms. The molecule has 0 spiro atoms. The fourth-order valence-corrected chi connectivity index (χ4v) is 1.59. The summed E-state index contributed by atoms with van der Waals surface area (Å²) in [6.45, 7) is 0. The van der Waals surface area contributed by atoms with Crippen LogP contribution in [0.3, 0.4) is 0 Å². The number of alkyl halides is 3. The Balaban J connectivity index is 2.29. The standard InChI is InChI=1S/C14H7F5O3/c15-9-1-3-13(11(16)6-9)21-12-4-2-10(5-8(12)7-20)22-14(17,18)19/h1-7H. The Bertz CT molecular complexity index is 697. The molecule has 0 aliphatic heterocycles. The highest BCUT2D eigenvalue weighted by atomic mass is 19.4. The minimum absolute atomic E-state index is 0.199. The van der Waals surface area contributed by atoms with Crippen LogP contribution in [0.2, 0.25) is 0 Å². The van der Waals surface area contributed by atoms with Gasteiger partial charge in [-0.05, 0) is 30.3 Å². The fourth-order valence-electron chi connectivity index (χ4n) is 1.59. The second kappa shape index (κ2) is 6.00. The molecule has 0 aromatic heterocycles. The summed E-state index contributed by atoms with van der Waals surface area (Å²) in [5.74, 6) is -3.05. The Morgan fingerprint density at radius 1 is 0.955 bits per heavy atom. The van der Waals surface area contributed by atoms with Crippen molar-refractivity contribution >= 4 is 6.29 Å². The maximum atomic E-state index is 13.4. The molecule has 0 fully saturated rings. The fraction of sp³-hybridized carbons (Fsp3) is 0.0714. The van der Waals surface area contributed by atoms with E-state index in [1.165, 1.54) is 0 Å². The lowest BCUT2D eigenvalue weighted by Crippen LogP contribution is -2.17. The Morgan fingerprint density at radius 2 is 1.64 bits per heavy atom. The molecule has 0 atom stereocenters. The molecule has 0 aliphatic carbocycles. The summed E-state index contributed by atoms with van der Waals surface area (Å²) in [6, 6.07) is 5.18. The van der Waals surface area contributed by atoms with E-state index in [0.29, 0.717) is 6.07 Å². The van der Waals surface area contributed by atoms with Crippen LogP contribution in [0.1, 0.15) is 10.4 Å². The molecule has 0 radical (unpaired) electrons. The number of ether oxygens (including phenoxy) is 2. The largest absolute Gasteiger partial charge is 0.573 e. The Kier molecular flexibility index (Phi) is 4.30. The van der Waals surface area contributed by atoms with E-state index in [1.54, 1.807) is 0 Å². The molecule has 116 valence electrons. The molecule has 0 amide bonds. The van der Waals surface area contributed by atoms with Crippen LogP contribution in [0, 0.1) is 11.6 Å². The summed E-state index contributed by atoms with van der Waals surface area (Å²) in [7, 11) is 0.